The third kappa shape index (κ3) is 8.90. The highest BCUT2D eigenvalue weighted by Gasteiger charge is 2.35. The molecule has 0 aliphatic heterocycles. The Morgan fingerprint density at radius 3 is 2.34 bits per heavy atom. The van der Waals surface area contributed by atoms with E-state index in [0.717, 1.165) is 17.5 Å². The maximum Gasteiger partial charge on any atom is 0.441 e. The van der Waals surface area contributed by atoms with Crippen molar-refractivity contribution in [2.24, 2.45) is 0 Å². The van der Waals surface area contributed by atoms with Crippen molar-refractivity contribution in [2.75, 3.05) is 26.0 Å². The molecule has 35 heavy (non-hydrogen) atoms. The van der Waals surface area contributed by atoms with E-state index in [1.165, 1.54) is 0 Å². The molecule has 0 aliphatic carbocycles. The lowest BCUT2D eigenvalue weighted by Gasteiger charge is -2.27. The third-order valence-electron chi connectivity index (χ3n) is 5.22. The summed E-state index contributed by atoms with van der Waals surface area (Å²) in [5.74, 6) is 0.881. The lowest BCUT2D eigenvalue weighted by Crippen LogP contribution is -2.18. The highest BCUT2D eigenvalue weighted by Crippen LogP contribution is 2.52. The van der Waals surface area contributed by atoms with Gasteiger partial charge in [0.2, 0.25) is 0 Å². The van der Waals surface area contributed by atoms with Gasteiger partial charge in [-0.2, -0.15) is 0 Å². The second-order valence-corrected chi connectivity index (χ2v) is 11.5. The summed E-state index contributed by atoms with van der Waals surface area (Å²) in [4.78, 5) is 12.4. The molecule has 0 saturated heterocycles. The van der Waals surface area contributed by atoms with Gasteiger partial charge in [0.15, 0.2) is 6.16 Å². The fraction of sp³-hybridized carbons (Fsp3) is 0.519. The van der Waals surface area contributed by atoms with Crippen LogP contribution < -0.4 is 13.8 Å². The molecule has 2 aromatic carbocycles. The second kappa shape index (κ2) is 13.0. The van der Waals surface area contributed by atoms with Gasteiger partial charge in [0, 0.05) is 12.2 Å². The Morgan fingerprint density at radius 1 is 1.03 bits per heavy atom. The van der Waals surface area contributed by atoms with Crippen molar-refractivity contribution in [3.05, 3.63) is 53.6 Å². The predicted molar refractivity (Wildman–Crippen MR) is 138 cm³/mol. The molecular weight excluding hydrogens is 467 g/mol. The molecule has 1 atom stereocenters. The number of benzene rings is 2. The van der Waals surface area contributed by atoms with Gasteiger partial charge in [-0.15, -0.1) is 0 Å². The van der Waals surface area contributed by atoms with E-state index in [-0.39, 0.29) is 24.5 Å². The fourth-order valence-corrected chi connectivity index (χ4v) is 4.96. The number of ether oxygens (including phenoxy) is 2. The van der Waals surface area contributed by atoms with Gasteiger partial charge in [0.1, 0.15) is 17.2 Å². The standard InChI is InChI=1S/C27H39O7P/c1-7-31-26(29)19-35(30,33-24-13-9-8-12-22(24)20(2)3)34-25-15-14-21(32-17-11-10-16-28)18-23(25)27(4,5)6/h8-9,12-15,18,20,28H,7,10-11,16-17,19H2,1-6H3. The van der Waals surface area contributed by atoms with Crippen LogP contribution in [0, 0.1) is 0 Å². The van der Waals surface area contributed by atoms with Gasteiger partial charge in [-0.1, -0.05) is 52.8 Å². The molecule has 194 valence electrons. The Balaban J connectivity index is 2.43. The number of rotatable bonds is 13. The topological polar surface area (TPSA) is 91.3 Å². The molecule has 0 fully saturated rings. The molecular formula is C27H39O7P. The molecule has 2 rings (SSSR count). The molecule has 0 radical (unpaired) electrons. The average molecular weight is 507 g/mol. The van der Waals surface area contributed by atoms with E-state index in [4.69, 9.17) is 23.6 Å². The molecule has 0 aliphatic rings. The van der Waals surface area contributed by atoms with E-state index in [1.54, 1.807) is 31.2 Å². The van der Waals surface area contributed by atoms with Crippen LogP contribution in [-0.2, 0) is 19.5 Å². The van der Waals surface area contributed by atoms with Crippen LogP contribution in [0.2, 0.25) is 0 Å². The number of hydrogen-bond acceptors (Lipinski definition) is 7. The Bertz CT molecular complexity index is 1010. The van der Waals surface area contributed by atoms with E-state index < -0.39 is 19.7 Å². The molecule has 0 spiro atoms. The van der Waals surface area contributed by atoms with Crippen LogP contribution in [0.4, 0.5) is 0 Å². The summed E-state index contributed by atoms with van der Waals surface area (Å²) in [6.07, 6.45) is 0.882. The summed E-state index contributed by atoms with van der Waals surface area (Å²) in [7, 11) is -4.00. The predicted octanol–water partition coefficient (Wildman–Crippen LogP) is 6.47. The fourth-order valence-electron chi connectivity index (χ4n) is 3.46. The van der Waals surface area contributed by atoms with Gasteiger partial charge in [-0.05, 0) is 60.9 Å². The van der Waals surface area contributed by atoms with E-state index in [9.17, 15) is 9.36 Å². The van der Waals surface area contributed by atoms with Crippen molar-refractivity contribution >= 4 is 13.6 Å². The van der Waals surface area contributed by atoms with Gasteiger partial charge < -0.3 is 23.6 Å². The first-order valence-electron chi connectivity index (χ1n) is 12.1. The molecule has 1 N–H and O–H groups in total. The zero-order valence-corrected chi connectivity index (χ0v) is 22.6. The average Bonchev–Trinajstić information content (AvgIpc) is 2.77. The smallest absolute Gasteiger partial charge is 0.441 e. The molecule has 2 aromatic rings. The van der Waals surface area contributed by atoms with Crippen LogP contribution in [0.15, 0.2) is 42.5 Å². The summed E-state index contributed by atoms with van der Waals surface area (Å²) in [5, 5.41) is 8.96. The molecule has 8 heteroatoms. The van der Waals surface area contributed by atoms with Crippen molar-refractivity contribution in [1.29, 1.82) is 0 Å². The minimum atomic E-state index is -4.00. The summed E-state index contributed by atoms with van der Waals surface area (Å²) < 4.78 is 36.9. The lowest BCUT2D eigenvalue weighted by atomic mass is 9.86. The minimum absolute atomic E-state index is 0.120. The summed E-state index contributed by atoms with van der Waals surface area (Å²) >= 11 is 0. The van der Waals surface area contributed by atoms with Crippen LogP contribution in [0.5, 0.6) is 17.2 Å². The number of para-hydroxylation sites is 1. The highest BCUT2D eigenvalue weighted by molar-refractivity contribution is 7.55. The number of carbonyl (C=O) groups excluding carboxylic acids is 1. The number of aliphatic hydroxyl groups is 1. The van der Waals surface area contributed by atoms with Crippen molar-refractivity contribution < 1.29 is 33.0 Å². The van der Waals surface area contributed by atoms with Gasteiger partial charge in [-0.3, -0.25) is 4.79 Å². The van der Waals surface area contributed by atoms with Gasteiger partial charge in [0.25, 0.3) is 0 Å². The van der Waals surface area contributed by atoms with Crippen molar-refractivity contribution in [2.45, 2.75) is 65.7 Å². The van der Waals surface area contributed by atoms with E-state index in [2.05, 4.69) is 0 Å². The monoisotopic (exact) mass is 506 g/mol. The summed E-state index contributed by atoms with van der Waals surface area (Å²) in [6, 6.07) is 12.6. The van der Waals surface area contributed by atoms with E-state index in [0.29, 0.717) is 30.3 Å². The lowest BCUT2D eigenvalue weighted by molar-refractivity contribution is -0.140. The Hall–Kier alpha value is -2.50. The van der Waals surface area contributed by atoms with Crippen LogP contribution in [-0.4, -0.2) is 37.1 Å². The molecule has 0 saturated carbocycles. The first-order valence-corrected chi connectivity index (χ1v) is 13.8. The van der Waals surface area contributed by atoms with E-state index in [1.807, 2.05) is 52.8 Å². The maximum atomic E-state index is 14.0. The quantitative estimate of drug-likeness (QED) is 0.189. The zero-order chi connectivity index (χ0) is 26.1. The zero-order valence-electron chi connectivity index (χ0n) is 21.7. The minimum Gasteiger partial charge on any atom is -0.494 e. The van der Waals surface area contributed by atoms with Gasteiger partial charge in [-0.25, -0.2) is 4.57 Å². The second-order valence-electron chi connectivity index (χ2n) is 9.64. The largest absolute Gasteiger partial charge is 0.494 e. The Labute approximate surface area is 209 Å². The van der Waals surface area contributed by atoms with Crippen LogP contribution in [0.25, 0.3) is 0 Å². The first-order chi connectivity index (χ1) is 16.5. The normalized spacial score (nSPS) is 13.3. The molecule has 0 aromatic heterocycles. The van der Waals surface area contributed by atoms with Crippen LogP contribution in [0.3, 0.4) is 0 Å². The summed E-state index contributed by atoms with van der Waals surface area (Å²) in [5.41, 5.74) is 1.26. The molecule has 7 nitrogen and oxygen atoms in total. The molecule has 0 heterocycles. The van der Waals surface area contributed by atoms with E-state index >= 15 is 0 Å². The Morgan fingerprint density at radius 2 is 1.71 bits per heavy atom. The number of hydrogen-bond donors (Lipinski definition) is 1. The maximum absolute atomic E-state index is 14.0. The Kier molecular flexibility index (Phi) is 10.7. The highest BCUT2D eigenvalue weighted by atomic mass is 31.2. The number of unbranched alkanes of at least 4 members (excludes halogenated alkanes) is 1. The summed E-state index contributed by atoms with van der Waals surface area (Å²) in [6.45, 7) is 12.5. The van der Waals surface area contributed by atoms with Gasteiger partial charge >= 0.3 is 13.6 Å². The van der Waals surface area contributed by atoms with Gasteiger partial charge in [0.05, 0.1) is 13.2 Å². The molecule has 1 unspecified atom stereocenters. The number of esters is 1. The van der Waals surface area contributed by atoms with Crippen LogP contribution >= 0.6 is 7.60 Å². The van der Waals surface area contributed by atoms with Crippen molar-refractivity contribution in [3.8, 4) is 17.2 Å². The first kappa shape index (κ1) is 28.7. The van der Waals surface area contributed by atoms with Crippen molar-refractivity contribution in [1.82, 2.24) is 0 Å². The van der Waals surface area contributed by atoms with Crippen LogP contribution in [0.1, 0.15) is 71.4 Å². The van der Waals surface area contributed by atoms with Crippen molar-refractivity contribution in [3.63, 3.8) is 0 Å². The number of carbonyl (C=O) groups is 1. The number of aliphatic hydroxyl groups excluding tert-OH is 1. The third-order valence-corrected chi connectivity index (χ3v) is 6.82. The SMILES string of the molecule is CCOC(=O)CP(=O)(Oc1ccccc1C(C)C)Oc1ccc(OCCCCO)cc1C(C)(C)C. The molecule has 0 amide bonds. The molecule has 0 bridgehead atoms.